The van der Waals surface area contributed by atoms with Gasteiger partial charge < -0.3 is 15.0 Å². The van der Waals surface area contributed by atoms with Crippen LogP contribution < -0.4 is 10.1 Å². The molecular weight excluding hydrogens is 300 g/mol. The van der Waals surface area contributed by atoms with E-state index < -0.39 is 0 Å². The summed E-state index contributed by atoms with van der Waals surface area (Å²) in [6.45, 7) is 0.0568. The van der Waals surface area contributed by atoms with Crippen molar-refractivity contribution in [2.24, 2.45) is 0 Å². The number of aromatic amines is 1. The Morgan fingerprint density at radius 1 is 1.12 bits per heavy atom. The summed E-state index contributed by atoms with van der Waals surface area (Å²) in [6, 6.07) is 18.0. The Morgan fingerprint density at radius 2 is 1.92 bits per heavy atom. The Labute approximate surface area is 140 Å². The maximum Gasteiger partial charge on any atom is 0.258 e. The smallest absolute Gasteiger partial charge is 0.258 e. The van der Waals surface area contributed by atoms with Crippen LogP contribution in [0.4, 0.5) is 0 Å². The van der Waals surface area contributed by atoms with Crippen LogP contribution in [0.3, 0.4) is 0 Å². The summed E-state index contributed by atoms with van der Waals surface area (Å²) in [6.07, 6.45) is 2.79. The molecule has 1 aliphatic rings. The number of ether oxygens (including phenoxy) is 1. The second kappa shape index (κ2) is 6.40. The van der Waals surface area contributed by atoms with Gasteiger partial charge in [0.15, 0.2) is 6.61 Å². The Bertz CT molecular complexity index is 854. The average Bonchev–Trinajstić information content (AvgIpc) is 2.99. The van der Waals surface area contributed by atoms with Crippen molar-refractivity contribution >= 4 is 16.8 Å². The molecule has 4 rings (SSSR count). The number of fused-ring (bicyclic) bond motifs is 3. The van der Waals surface area contributed by atoms with Gasteiger partial charge in [-0.05, 0) is 43.0 Å². The highest BCUT2D eigenvalue weighted by Crippen LogP contribution is 2.29. The molecule has 24 heavy (non-hydrogen) atoms. The van der Waals surface area contributed by atoms with E-state index in [2.05, 4.69) is 28.5 Å². The summed E-state index contributed by atoms with van der Waals surface area (Å²) >= 11 is 0. The monoisotopic (exact) mass is 320 g/mol. The Kier molecular flexibility index (Phi) is 3.95. The van der Waals surface area contributed by atoms with E-state index in [0.29, 0.717) is 0 Å². The minimum atomic E-state index is -0.0628. The summed E-state index contributed by atoms with van der Waals surface area (Å²) in [5, 5.41) is 4.38. The number of hydrogen-bond donors (Lipinski definition) is 2. The van der Waals surface area contributed by atoms with Crippen LogP contribution in [-0.4, -0.2) is 23.5 Å². The molecule has 1 aliphatic carbocycles. The predicted molar refractivity (Wildman–Crippen MR) is 94.2 cm³/mol. The van der Waals surface area contributed by atoms with Crippen LogP contribution in [0.2, 0.25) is 0 Å². The highest BCUT2D eigenvalue weighted by atomic mass is 16.5. The van der Waals surface area contributed by atoms with E-state index in [0.717, 1.165) is 25.0 Å². The Hall–Kier alpha value is -2.75. The molecule has 1 heterocycles. The summed E-state index contributed by atoms with van der Waals surface area (Å²) in [5.41, 5.74) is 3.83. The van der Waals surface area contributed by atoms with Crippen molar-refractivity contribution < 1.29 is 9.53 Å². The number of aryl methyl sites for hydroxylation is 1. The quantitative estimate of drug-likeness (QED) is 0.775. The topological polar surface area (TPSA) is 54.1 Å². The van der Waals surface area contributed by atoms with Crippen molar-refractivity contribution in [1.82, 2.24) is 10.3 Å². The van der Waals surface area contributed by atoms with Crippen LogP contribution in [0, 0.1) is 0 Å². The van der Waals surface area contributed by atoms with Crippen LogP contribution in [-0.2, 0) is 17.6 Å². The lowest BCUT2D eigenvalue weighted by molar-refractivity contribution is -0.123. The molecule has 4 heteroatoms. The van der Waals surface area contributed by atoms with Gasteiger partial charge in [0.05, 0.1) is 0 Å². The van der Waals surface area contributed by atoms with Crippen LogP contribution in [0.5, 0.6) is 5.75 Å². The number of nitrogens with one attached hydrogen (secondary N) is 2. The molecule has 0 spiro atoms. The van der Waals surface area contributed by atoms with Gasteiger partial charge in [0.25, 0.3) is 5.91 Å². The molecule has 1 atom stereocenters. The molecule has 122 valence electrons. The van der Waals surface area contributed by atoms with Gasteiger partial charge in [0.1, 0.15) is 5.75 Å². The fraction of sp³-hybridized carbons (Fsp3) is 0.250. The molecule has 0 saturated carbocycles. The maximum absolute atomic E-state index is 12.2. The van der Waals surface area contributed by atoms with E-state index in [1.54, 1.807) is 0 Å². The van der Waals surface area contributed by atoms with Crippen molar-refractivity contribution in [2.75, 3.05) is 6.61 Å². The van der Waals surface area contributed by atoms with Crippen LogP contribution in [0.15, 0.2) is 54.6 Å². The fourth-order valence-corrected chi connectivity index (χ4v) is 3.43. The first kappa shape index (κ1) is 14.8. The van der Waals surface area contributed by atoms with Crippen molar-refractivity contribution in [3.63, 3.8) is 0 Å². The van der Waals surface area contributed by atoms with Gasteiger partial charge in [0, 0.05) is 22.6 Å². The number of para-hydroxylation sites is 2. The zero-order valence-corrected chi connectivity index (χ0v) is 13.4. The van der Waals surface area contributed by atoms with E-state index in [4.69, 9.17) is 4.74 Å². The van der Waals surface area contributed by atoms with Crippen LogP contribution in [0.1, 0.15) is 17.7 Å². The van der Waals surface area contributed by atoms with Gasteiger partial charge in [-0.1, -0.05) is 36.4 Å². The first-order valence-electron chi connectivity index (χ1n) is 8.35. The Morgan fingerprint density at radius 3 is 2.79 bits per heavy atom. The number of H-pyrrole nitrogens is 1. The number of carbonyl (C=O) groups is 1. The molecule has 1 aromatic heterocycles. The third-order valence-electron chi connectivity index (χ3n) is 4.57. The van der Waals surface area contributed by atoms with Gasteiger partial charge in [-0.15, -0.1) is 0 Å². The Balaban J connectivity index is 1.39. The second-order valence-electron chi connectivity index (χ2n) is 6.24. The molecule has 0 saturated heterocycles. The molecule has 0 bridgehead atoms. The van der Waals surface area contributed by atoms with Crippen molar-refractivity contribution in [3.05, 3.63) is 65.9 Å². The third kappa shape index (κ3) is 3.00. The second-order valence-corrected chi connectivity index (χ2v) is 6.24. The lowest BCUT2D eigenvalue weighted by Gasteiger charge is -2.23. The van der Waals surface area contributed by atoms with Gasteiger partial charge >= 0.3 is 0 Å². The fourth-order valence-electron chi connectivity index (χ4n) is 3.43. The number of carbonyl (C=O) groups excluding carboxylic acids is 1. The zero-order valence-electron chi connectivity index (χ0n) is 13.4. The molecule has 3 aromatic rings. The predicted octanol–water partition coefficient (Wildman–Crippen LogP) is 3.22. The highest BCUT2D eigenvalue weighted by Gasteiger charge is 2.23. The lowest BCUT2D eigenvalue weighted by Crippen LogP contribution is -2.41. The molecule has 0 radical (unpaired) electrons. The minimum Gasteiger partial charge on any atom is -0.484 e. The van der Waals surface area contributed by atoms with E-state index >= 15 is 0 Å². The zero-order chi connectivity index (χ0) is 16.4. The van der Waals surface area contributed by atoms with Crippen LogP contribution >= 0.6 is 0 Å². The first-order chi connectivity index (χ1) is 11.8. The molecule has 0 fully saturated rings. The van der Waals surface area contributed by atoms with Gasteiger partial charge in [0.2, 0.25) is 0 Å². The summed E-state index contributed by atoms with van der Waals surface area (Å²) in [7, 11) is 0. The number of rotatable bonds is 4. The summed E-state index contributed by atoms with van der Waals surface area (Å²) in [5.74, 6) is 0.655. The standard InChI is InChI=1S/C20H20N2O2/c23-20(13-24-15-6-2-1-3-7-15)21-14-10-11-19-17(12-14)16-8-4-5-9-18(16)22-19/h1-9,14,22H,10-13H2,(H,21,23). The lowest BCUT2D eigenvalue weighted by atomic mass is 9.91. The molecule has 1 amide bonds. The van der Waals surface area contributed by atoms with Crippen molar-refractivity contribution in [3.8, 4) is 5.75 Å². The first-order valence-corrected chi connectivity index (χ1v) is 8.35. The van der Waals surface area contributed by atoms with E-state index in [-0.39, 0.29) is 18.6 Å². The minimum absolute atomic E-state index is 0.0568. The van der Waals surface area contributed by atoms with Crippen molar-refractivity contribution in [1.29, 1.82) is 0 Å². The molecule has 1 unspecified atom stereocenters. The van der Waals surface area contributed by atoms with Gasteiger partial charge in [-0.2, -0.15) is 0 Å². The summed E-state index contributed by atoms with van der Waals surface area (Å²) < 4.78 is 5.52. The molecule has 4 nitrogen and oxygen atoms in total. The van der Waals surface area contributed by atoms with Gasteiger partial charge in [-0.3, -0.25) is 4.79 Å². The summed E-state index contributed by atoms with van der Waals surface area (Å²) in [4.78, 5) is 15.7. The number of aromatic nitrogens is 1. The normalized spacial score (nSPS) is 16.6. The van der Waals surface area contributed by atoms with E-state index in [1.165, 1.54) is 22.2 Å². The van der Waals surface area contributed by atoms with Crippen molar-refractivity contribution in [2.45, 2.75) is 25.3 Å². The maximum atomic E-state index is 12.2. The van der Waals surface area contributed by atoms with Crippen LogP contribution in [0.25, 0.3) is 10.9 Å². The molecule has 2 N–H and O–H groups in total. The molecule has 0 aliphatic heterocycles. The number of amides is 1. The molecular formula is C20H20N2O2. The third-order valence-corrected chi connectivity index (χ3v) is 4.57. The average molecular weight is 320 g/mol. The van der Waals surface area contributed by atoms with E-state index in [9.17, 15) is 4.79 Å². The van der Waals surface area contributed by atoms with Gasteiger partial charge in [-0.25, -0.2) is 0 Å². The number of hydrogen-bond acceptors (Lipinski definition) is 2. The number of benzene rings is 2. The highest BCUT2D eigenvalue weighted by molar-refractivity contribution is 5.85. The van der Waals surface area contributed by atoms with E-state index in [1.807, 2.05) is 36.4 Å². The largest absolute Gasteiger partial charge is 0.484 e. The SMILES string of the molecule is O=C(COc1ccccc1)NC1CCc2[nH]c3ccccc3c2C1. The molecule has 2 aromatic carbocycles.